The lowest BCUT2D eigenvalue weighted by molar-refractivity contribution is 0.101. The predicted octanol–water partition coefficient (Wildman–Crippen LogP) is 3.70. The minimum Gasteiger partial charge on any atom is -0.453 e. The molecule has 3 rings (SSSR count). The predicted molar refractivity (Wildman–Crippen MR) is 89.7 cm³/mol. The first-order chi connectivity index (χ1) is 11.1. The van der Waals surface area contributed by atoms with Gasteiger partial charge in [0.2, 0.25) is 5.78 Å². The number of rotatable bonds is 5. The maximum Gasteiger partial charge on any atom is 0.228 e. The quantitative estimate of drug-likeness (QED) is 0.700. The Morgan fingerprint density at radius 2 is 1.91 bits per heavy atom. The highest BCUT2D eigenvalue weighted by Crippen LogP contribution is 2.25. The van der Waals surface area contributed by atoms with Crippen LogP contribution in [0.1, 0.15) is 34.1 Å². The normalized spacial score (nSPS) is 12.5. The van der Waals surface area contributed by atoms with Crippen molar-refractivity contribution in [3.63, 3.8) is 0 Å². The van der Waals surface area contributed by atoms with Crippen LogP contribution in [0.15, 0.2) is 52.9 Å². The highest BCUT2D eigenvalue weighted by Gasteiger charge is 2.15. The van der Waals surface area contributed by atoms with Gasteiger partial charge in [0.1, 0.15) is 5.58 Å². The molecule has 0 radical (unpaired) electrons. The summed E-state index contributed by atoms with van der Waals surface area (Å²) in [6.07, 6.45) is 0.486. The number of aliphatic hydroxyl groups is 1. The summed E-state index contributed by atoms with van der Waals surface area (Å²) in [5, 5.41) is 10.4. The topological polar surface area (TPSA) is 76.5 Å². The zero-order valence-electron chi connectivity index (χ0n) is 12.3. The van der Waals surface area contributed by atoms with Crippen molar-refractivity contribution in [3.05, 3.63) is 70.4 Å². The number of ketones is 1. The average Bonchev–Trinajstić information content (AvgIpc) is 2.98. The maximum atomic E-state index is 12.5. The zero-order chi connectivity index (χ0) is 16.4. The Bertz CT molecular complexity index is 839. The molecular weight excluding hydrogens is 314 g/mol. The molecule has 0 saturated carbocycles. The van der Waals surface area contributed by atoms with Gasteiger partial charge < -0.3 is 15.3 Å². The van der Waals surface area contributed by atoms with Gasteiger partial charge in [-0.15, -0.1) is 0 Å². The second-order valence-corrected chi connectivity index (χ2v) is 5.80. The van der Waals surface area contributed by atoms with Crippen LogP contribution in [0.3, 0.4) is 0 Å². The molecule has 118 valence electrons. The van der Waals surface area contributed by atoms with Crippen molar-refractivity contribution in [1.82, 2.24) is 0 Å². The van der Waals surface area contributed by atoms with E-state index in [-0.39, 0.29) is 24.2 Å². The van der Waals surface area contributed by atoms with Crippen LogP contribution in [0.5, 0.6) is 0 Å². The van der Waals surface area contributed by atoms with Crippen molar-refractivity contribution < 1.29 is 14.3 Å². The van der Waals surface area contributed by atoms with E-state index in [1.807, 2.05) is 12.1 Å². The minimum absolute atomic E-state index is 0.0326. The van der Waals surface area contributed by atoms with Crippen molar-refractivity contribution in [3.8, 4) is 0 Å². The maximum absolute atomic E-state index is 12.5. The summed E-state index contributed by atoms with van der Waals surface area (Å²) in [4.78, 5) is 12.5. The molecule has 0 saturated heterocycles. The molecule has 2 aromatic carbocycles. The average molecular weight is 330 g/mol. The highest BCUT2D eigenvalue weighted by atomic mass is 35.5. The van der Waals surface area contributed by atoms with Gasteiger partial charge in [0.25, 0.3) is 0 Å². The third-order valence-electron chi connectivity index (χ3n) is 3.74. The number of hydrogen-bond acceptors (Lipinski definition) is 4. The number of aliphatic hydroxyl groups excluding tert-OH is 1. The van der Waals surface area contributed by atoms with Gasteiger partial charge in [0, 0.05) is 28.6 Å². The molecule has 0 spiro atoms. The molecule has 0 aliphatic heterocycles. The first kappa shape index (κ1) is 15.7. The van der Waals surface area contributed by atoms with Gasteiger partial charge >= 0.3 is 0 Å². The molecule has 0 aliphatic rings. The molecule has 0 fully saturated rings. The van der Waals surface area contributed by atoms with Crippen molar-refractivity contribution in [2.24, 2.45) is 5.73 Å². The number of fused-ring (bicyclic) bond motifs is 1. The fourth-order valence-electron chi connectivity index (χ4n) is 2.45. The molecule has 3 N–H and O–H groups in total. The number of carbonyl (C=O) groups excluding carboxylic acids is 1. The number of carbonyl (C=O) groups is 1. The van der Waals surface area contributed by atoms with E-state index in [2.05, 4.69) is 0 Å². The summed E-state index contributed by atoms with van der Waals surface area (Å²) in [7, 11) is 0. The van der Waals surface area contributed by atoms with Gasteiger partial charge in [-0.1, -0.05) is 17.7 Å². The van der Waals surface area contributed by atoms with E-state index < -0.39 is 0 Å². The molecule has 1 aromatic heterocycles. The Kier molecular flexibility index (Phi) is 4.48. The van der Waals surface area contributed by atoms with Gasteiger partial charge in [0.05, 0.1) is 0 Å². The third kappa shape index (κ3) is 3.29. The van der Waals surface area contributed by atoms with E-state index in [1.54, 1.807) is 36.4 Å². The molecule has 0 aliphatic carbocycles. The fourth-order valence-corrected chi connectivity index (χ4v) is 2.58. The van der Waals surface area contributed by atoms with Crippen molar-refractivity contribution in [2.45, 2.75) is 12.5 Å². The molecule has 1 unspecified atom stereocenters. The van der Waals surface area contributed by atoms with Crippen molar-refractivity contribution in [2.75, 3.05) is 6.61 Å². The summed E-state index contributed by atoms with van der Waals surface area (Å²) in [6.45, 7) is 0.0326. The first-order valence-corrected chi connectivity index (χ1v) is 7.66. The lowest BCUT2D eigenvalue weighted by atomic mass is 10.0. The Labute approximate surface area is 138 Å². The number of nitrogens with two attached hydrogens (primary N) is 1. The van der Waals surface area contributed by atoms with Crippen molar-refractivity contribution >= 4 is 28.4 Å². The summed E-state index contributed by atoms with van der Waals surface area (Å²) in [5.41, 5.74) is 8.05. The largest absolute Gasteiger partial charge is 0.453 e. The van der Waals surface area contributed by atoms with Crippen molar-refractivity contribution in [1.29, 1.82) is 0 Å². The van der Waals surface area contributed by atoms with Gasteiger partial charge in [-0.2, -0.15) is 0 Å². The highest BCUT2D eigenvalue weighted by molar-refractivity contribution is 6.30. The SMILES string of the molecule is NC(CCO)c1ccc2oc(C(=O)c3ccc(Cl)cc3)cc2c1. The Morgan fingerprint density at radius 1 is 1.17 bits per heavy atom. The van der Waals surface area contributed by atoms with E-state index in [4.69, 9.17) is 26.9 Å². The standard InChI is InChI=1S/C18H16ClNO3/c19-14-4-1-11(2-5-14)18(22)17-10-13-9-12(15(20)7-8-21)3-6-16(13)23-17/h1-6,9-10,15,21H,7-8,20H2. The minimum atomic E-state index is -0.241. The molecule has 1 heterocycles. The molecule has 1 atom stereocenters. The Morgan fingerprint density at radius 3 is 2.61 bits per heavy atom. The third-order valence-corrected chi connectivity index (χ3v) is 3.99. The Balaban J connectivity index is 1.93. The van der Waals surface area contributed by atoms with Crippen LogP contribution < -0.4 is 5.73 Å². The van der Waals surface area contributed by atoms with Crippen LogP contribution in [0.4, 0.5) is 0 Å². The van der Waals surface area contributed by atoms with Gasteiger partial charge in [-0.05, 0) is 54.4 Å². The number of furan rings is 1. The zero-order valence-corrected chi connectivity index (χ0v) is 13.1. The fraction of sp³-hybridized carbons (Fsp3) is 0.167. The smallest absolute Gasteiger partial charge is 0.228 e. The number of hydrogen-bond donors (Lipinski definition) is 2. The Hall–Kier alpha value is -2.14. The van der Waals surface area contributed by atoms with Crippen LogP contribution in [-0.4, -0.2) is 17.5 Å². The van der Waals surface area contributed by atoms with E-state index >= 15 is 0 Å². The summed E-state index contributed by atoms with van der Waals surface area (Å²) < 4.78 is 5.64. The summed E-state index contributed by atoms with van der Waals surface area (Å²) >= 11 is 5.83. The van der Waals surface area contributed by atoms with E-state index in [9.17, 15) is 4.79 Å². The van der Waals surface area contributed by atoms with Crippen LogP contribution in [0.2, 0.25) is 5.02 Å². The van der Waals surface area contributed by atoms with E-state index in [0.717, 1.165) is 10.9 Å². The van der Waals surface area contributed by atoms with Crippen LogP contribution in [-0.2, 0) is 0 Å². The molecule has 5 heteroatoms. The summed E-state index contributed by atoms with van der Waals surface area (Å²) in [6, 6.07) is 13.7. The van der Waals surface area contributed by atoms with Crippen LogP contribution in [0.25, 0.3) is 11.0 Å². The molecule has 0 amide bonds. The molecule has 3 aromatic rings. The van der Waals surface area contributed by atoms with Crippen LogP contribution >= 0.6 is 11.6 Å². The lowest BCUT2D eigenvalue weighted by Crippen LogP contribution is -2.11. The van der Waals surface area contributed by atoms with Gasteiger partial charge in [-0.25, -0.2) is 0 Å². The molecule has 0 bridgehead atoms. The monoisotopic (exact) mass is 329 g/mol. The second-order valence-electron chi connectivity index (χ2n) is 5.36. The molecular formula is C18H16ClNO3. The lowest BCUT2D eigenvalue weighted by Gasteiger charge is -2.09. The van der Waals surface area contributed by atoms with E-state index in [0.29, 0.717) is 22.6 Å². The van der Waals surface area contributed by atoms with Crippen LogP contribution in [0, 0.1) is 0 Å². The molecule has 4 nitrogen and oxygen atoms in total. The molecule has 23 heavy (non-hydrogen) atoms. The van der Waals surface area contributed by atoms with Gasteiger partial charge in [-0.3, -0.25) is 4.79 Å². The van der Waals surface area contributed by atoms with E-state index in [1.165, 1.54) is 0 Å². The summed E-state index contributed by atoms with van der Waals surface area (Å²) in [5.74, 6) is 0.0780. The number of benzene rings is 2. The van der Waals surface area contributed by atoms with Gasteiger partial charge in [0.15, 0.2) is 5.76 Å². The number of halogens is 1. The second kappa shape index (κ2) is 6.54. The first-order valence-electron chi connectivity index (χ1n) is 7.28.